The number of aryl methyl sites for hydroxylation is 1. The van der Waals surface area contributed by atoms with E-state index in [0.717, 1.165) is 22.8 Å². The molecular formula is C18H31IN4O3S2. The minimum absolute atomic E-state index is 0. The van der Waals surface area contributed by atoms with Crippen LogP contribution in [-0.4, -0.2) is 87.7 Å². The Balaban J connectivity index is 0.00000392. The summed E-state index contributed by atoms with van der Waals surface area (Å²) in [6.45, 7) is 4.73. The first-order valence-corrected chi connectivity index (χ1v) is 11.9. The van der Waals surface area contributed by atoms with Gasteiger partial charge in [0.15, 0.2) is 5.96 Å². The maximum Gasteiger partial charge on any atom is 0.215 e. The summed E-state index contributed by atoms with van der Waals surface area (Å²) < 4.78 is 32.2. The molecule has 1 heterocycles. The second-order valence-corrected chi connectivity index (χ2v) is 9.65. The Bertz CT molecular complexity index is 725. The normalized spacial score (nSPS) is 15.6. The molecule has 1 saturated heterocycles. The van der Waals surface area contributed by atoms with Gasteiger partial charge in [-0.15, -0.1) is 24.0 Å². The molecule has 0 spiro atoms. The van der Waals surface area contributed by atoms with Gasteiger partial charge in [-0.25, -0.2) is 12.7 Å². The topological polar surface area (TPSA) is 74.2 Å². The maximum absolute atomic E-state index is 12.4. The molecule has 1 aliphatic heterocycles. The highest BCUT2D eigenvalue weighted by Crippen LogP contribution is 2.16. The number of hydrogen-bond acceptors (Lipinski definition) is 5. The number of thioether (sulfide) groups is 1. The smallest absolute Gasteiger partial charge is 0.215 e. The minimum atomic E-state index is -3.21. The Kier molecular flexibility index (Phi) is 11.5. The molecule has 0 unspecified atom stereocenters. The van der Waals surface area contributed by atoms with Gasteiger partial charge in [0, 0.05) is 45.2 Å². The molecule has 28 heavy (non-hydrogen) atoms. The summed E-state index contributed by atoms with van der Waals surface area (Å²) >= 11 is 1.80. The largest absolute Gasteiger partial charge is 0.491 e. The number of benzene rings is 1. The van der Waals surface area contributed by atoms with Crippen molar-refractivity contribution < 1.29 is 13.2 Å². The van der Waals surface area contributed by atoms with Crippen molar-refractivity contribution in [1.29, 1.82) is 0 Å². The molecule has 0 saturated carbocycles. The number of nitrogens with one attached hydrogen (secondary N) is 1. The van der Waals surface area contributed by atoms with Crippen LogP contribution in [0.4, 0.5) is 0 Å². The number of sulfonamides is 1. The standard InChI is InChI=1S/C18H30N4O3S2.HI/c1-16-6-4-5-7-17(16)25-12-9-21(3)18(19-2)20-8-15-27(23,24)22-10-13-26-14-11-22;/h4-7H,8-15H2,1-3H3,(H,19,20);1H. The second kappa shape index (κ2) is 12.8. The van der Waals surface area contributed by atoms with Gasteiger partial charge in [-0.3, -0.25) is 4.99 Å². The van der Waals surface area contributed by atoms with E-state index in [1.165, 1.54) is 0 Å². The summed E-state index contributed by atoms with van der Waals surface area (Å²) in [5.41, 5.74) is 1.10. The Morgan fingerprint density at radius 1 is 1.32 bits per heavy atom. The first-order valence-electron chi connectivity index (χ1n) is 9.10. The Hall–Kier alpha value is -0.720. The summed E-state index contributed by atoms with van der Waals surface area (Å²) in [4.78, 5) is 6.16. The lowest BCUT2D eigenvalue weighted by atomic mass is 10.2. The molecule has 1 aliphatic rings. The van der Waals surface area contributed by atoms with Crippen molar-refractivity contribution in [2.45, 2.75) is 6.92 Å². The second-order valence-electron chi connectivity index (χ2n) is 6.34. The fourth-order valence-electron chi connectivity index (χ4n) is 2.75. The zero-order chi connectivity index (χ0) is 19.7. The molecule has 1 N–H and O–H groups in total. The predicted octanol–water partition coefficient (Wildman–Crippen LogP) is 1.88. The van der Waals surface area contributed by atoms with Gasteiger partial charge < -0.3 is 15.0 Å². The third-order valence-electron chi connectivity index (χ3n) is 4.36. The summed E-state index contributed by atoms with van der Waals surface area (Å²) in [6, 6.07) is 7.90. The van der Waals surface area contributed by atoms with E-state index < -0.39 is 10.0 Å². The summed E-state index contributed by atoms with van der Waals surface area (Å²) in [5, 5.41) is 3.13. The number of hydrogen-bond donors (Lipinski definition) is 1. The van der Waals surface area contributed by atoms with Gasteiger partial charge in [0.1, 0.15) is 12.4 Å². The van der Waals surface area contributed by atoms with Crippen molar-refractivity contribution in [2.24, 2.45) is 4.99 Å². The highest BCUT2D eigenvalue weighted by atomic mass is 127. The van der Waals surface area contributed by atoms with E-state index in [4.69, 9.17) is 4.74 Å². The van der Waals surface area contributed by atoms with Crippen LogP contribution in [0.1, 0.15) is 5.56 Å². The third-order valence-corrected chi connectivity index (χ3v) is 7.17. The number of halogens is 1. The highest BCUT2D eigenvalue weighted by molar-refractivity contribution is 14.0. The SMILES string of the molecule is CN=C(NCCS(=O)(=O)N1CCSCC1)N(C)CCOc1ccccc1C.I. The van der Waals surface area contributed by atoms with Gasteiger partial charge >= 0.3 is 0 Å². The fraction of sp³-hybridized carbons (Fsp3) is 0.611. The molecule has 0 amide bonds. The average Bonchev–Trinajstić information content (AvgIpc) is 2.67. The highest BCUT2D eigenvalue weighted by Gasteiger charge is 2.23. The lowest BCUT2D eigenvalue weighted by Crippen LogP contribution is -2.45. The lowest BCUT2D eigenvalue weighted by molar-refractivity contribution is 0.280. The minimum Gasteiger partial charge on any atom is -0.491 e. The van der Waals surface area contributed by atoms with Crippen LogP contribution < -0.4 is 10.1 Å². The number of guanidine groups is 1. The number of nitrogens with zero attached hydrogens (tertiary/aromatic N) is 3. The summed E-state index contributed by atoms with van der Waals surface area (Å²) in [7, 11) is 0.390. The molecule has 0 atom stereocenters. The number of likely N-dealkylation sites (N-methyl/N-ethyl adjacent to an activating group) is 1. The van der Waals surface area contributed by atoms with E-state index in [0.29, 0.717) is 38.7 Å². The van der Waals surface area contributed by atoms with E-state index in [1.807, 2.05) is 43.1 Å². The maximum atomic E-state index is 12.4. The number of ether oxygens (including phenoxy) is 1. The molecule has 2 rings (SSSR count). The van der Waals surface area contributed by atoms with Gasteiger partial charge in [0.05, 0.1) is 12.3 Å². The first kappa shape index (κ1) is 25.3. The van der Waals surface area contributed by atoms with Gasteiger partial charge in [-0.2, -0.15) is 11.8 Å². The van der Waals surface area contributed by atoms with Crippen LogP contribution in [0.5, 0.6) is 5.75 Å². The van der Waals surface area contributed by atoms with Crippen LogP contribution in [-0.2, 0) is 10.0 Å². The number of para-hydroxylation sites is 1. The van der Waals surface area contributed by atoms with E-state index in [9.17, 15) is 8.42 Å². The number of rotatable bonds is 8. The van der Waals surface area contributed by atoms with Crippen molar-refractivity contribution in [1.82, 2.24) is 14.5 Å². The summed E-state index contributed by atoms with van der Waals surface area (Å²) in [5.74, 6) is 3.35. The quantitative estimate of drug-likeness (QED) is 0.307. The first-order chi connectivity index (χ1) is 12.9. The van der Waals surface area contributed by atoms with Gasteiger partial charge in [0.25, 0.3) is 0 Å². The molecule has 10 heteroatoms. The zero-order valence-electron chi connectivity index (χ0n) is 16.8. The molecule has 1 aromatic rings. The van der Waals surface area contributed by atoms with Crippen LogP contribution in [0.25, 0.3) is 0 Å². The van der Waals surface area contributed by atoms with Crippen LogP contribution in [0, 0.1) is 6.92 Å². The summed E-state index contributed by atoms with van der Waals surface area (Å²) in [6.07, 6.45) is 0. The monoisotopic (exact) mass is 542 g/mol. The van der Waals surface area contributed by atoms with E-state index >= 15 is 0 Å². The van der Waals surface area contributed by atoms with Gasteiger partial charge in [0.2, 0.25) is 10.0 Å². The third kappa shape index (κ3) is 7.96. The van der Waals surface area contributed by atoms with Crippen LogP contribution in [0.2, 0.25) is 0 Å². The van der Waals surface area contributed by atoms with Crippen molar-refractivity contribution in [3.8, 4) is 5.75 Å². The van der Waals surface area contributed by atoms with E-state index in [2.05, 4.69) is 10.3 Å². The van der Waals surface area contributed by atoms with Crippen molar-refractivity contribution in [2.75, 3.05) is 64.1 Å². The fourth-order valence-corrected chi connectivity index (χ4v) is 5.24. The molecular weight excluding hydrogens is 511 g/mol. The van der Waals surface area contributed by atoms with Crippen molar-refractivity contribution in [3.63, 3.8) is 0 Å². The lowest BCUT2D eigenvalue weighted by Gasteiger charge is -2.26. The van der Waals surface area contributed by atoms with Crippen LogP contribution in [0.3, 0.4) is 0 Å². The van der Waals surface area contributed by atoms with E-state index in [1.54, 1.807) is 23.1 Å². The van der Waals surface area contributed by atoms with Crippen LogP contribution in [0.15, 0.2) is 29.3 Å². The van der Waals surface area contributed by atoms with Crippen molar-refractivity contribution in [3.05, 3.63) is 29.8 Å². The van der Waals surface area contributed by atoms with Crippen LogP contribution >= 0.6 is 35.7 Å². The Labute approximate surface area is 190 Å². The molecule has 0 radical (unpaired) electrons. The zero-order valence-corrected chi connectivity index (χ0v) is 20.7. The van der Waals surface area contributed by atoms with Gasteiger partial charge in [-0.1, -0.05) is 18.2 Å². The Morgan fingerprint density at radius 3 is 2.64 bits per heavy atom. The average molecular weight is 543 g/mol. The number of aliphatic imine (C=N–C) groups is 1. The predicted molar refractivity (Wildman–Crippen MR) is 129 cm³/mol. The molecule has 7 nitrogen and oxygen atoms in total. The Morgan fingerprint density at radius 2 is 2.00 bits per heavy atom. The van der Waals surface area contributed by atoms with E-state index in [-0.39, 0.29) is 29.7 Å². The molecule has 1 aromatic carbocycles. The molecule has 1 fully saturated rings. The van der Waals surface area contributed by atoms with Gasteiger partial charge in [-0.05, 0) is 18.6 Å². The van der Waals surface area contributed by atoms with Crippen molar-refractivity contribution >= 4 is 51.7 Å². The molecule has 160 valence electrons. The molecule has 0 aliphatic carbocycles. The molecule has 0 bridgehead atoms. The molecule has 0 aromatic heterocycles.